The van der Waals surface area contributed by atoms with Crippen LogP contribution in [0.3, 0.4) is 0 Å². The quantitative estimate of drug-likeness (QED) is 0.526. The van der Waals surface area contributed by atoms with E-state index in [1.54, 1.807) is 0 Å². The second kappa shape index (κ2) is 10.7. The predicted octanol–water partition coefficient (Wildman–Crippen LogP) is 2.12. The van der Waals surface area contributed by atoms with Gasteiger partial charge in [-0.25, -0.2) is 0 Å². The van der Waals surface area contributed by atoms with E-state index < -0.39 is 0 Å². The fourth-order valence-corrected chi connectivity index (χ4v) is 4.09. The number of pyridine rings is 1. The van der Waals surface area contributed by atoms with E-state index in [0.717, 1.165) is 73.9 Å². The predicted molar refractivity (Wildman–Crippen MR) is 127 cm³/mol. The standard InChI is InChI=1S/C24H30N6O3/c1-2-4-21-20(3-1)22(28-27-21)18-25-17-19-15-23(30-8-12-32-13-9-30)26-24(16-19)33-14-7-29-5-10-31-11-6-29/h1-4,15-16,18H,5-14,17H2,(H,27,28). The zero-order chi connectivity index (χ0) is 22.3. The number of aliphatic imine (C=N–C) groups is 1. The highest BCUT2D eigenvalue weighted by Crippen LogP contribution is 2.22. The molecule has 0 unspecified atom stereocenters. The van der Waals surface area contributed by atoms with Crippen LogP contribution in [0.2, 0.25) is 0 Å². The molecule has 2 fully saturated rings. The molecule has 1 aromatic carbocycles. The lowest BCUT2D eigenvalue weighted by Gasteiger charge is -2.28. The van der Waals surface area contributed by atoms with E-state index in [9.17, 15) is 0 Å². The summed E-state index contributed by atoms with van der Waals surface area (Å²) in [7, 11) is 0. The summed E-state index contributed by atoms with van der Waals surface area (Å²) >= 11 is 0. The Morgan fingerprint density at radius 1 is 1.03 bits per heavy atom. The van der Waals surface area contributed by atoms with Crippen molar-refractivity contribution in [3.63, 3.8) is 0 Å². The fourth-order valence-electron chi connectivity index (χ4n) is 4.09. The van der Waals surface area contributed by atoms with Crippen molar-refractivity contribution in [3.8, 4) is 5.88 Å². The lowest BCUT2D eigenvalue weighted by atomic mass is 10.2. The van der Waals surface area contributed by atoms with Crippen LogP contribution < -0.4 is 9.64 Å². The molecular weight excluding hydrogens is 420 g/mol. The highest BCUT2D eigenvalue weighted by atomic mass is 16.5. The number of ether oxygens (including phenoxy) is 3. The van der Waals surface area contributed by atoms with Crippen molar-refractivity contribution in [3.05, 3.63) is 47.7 Å². The van der Waals surface area contributed by atoms with Crippen molar-refractivity contribution < 1.29 is 14.2 Å². The van der Waals surface area contributed by atoms with Crippen LogP contribution in [0.5, 0.6) is 5.88 Å². The number of para-hydroxylation sites is 1. The molecule has 0 bridgehead atoms. The maximum absolute atomic E-state index is 6.07. The minimum Gasteiger partial charge on any atom is -0.476 e. The van der Waals surface area contributed by atoms with Gasteiger partial charge in [-0.15, -0.1) is 0 Å². The molecule has 0 atom stereocenters. The van der Waals surface area contributed by atoms with Crippen molar-refractivity contribution in [1.29, 1.82) is 0 Å². The Kier molecular flexibility index (Phi) is 7.10. The smallest absolute Gasteiger partial charge is 0.215 e. The molecule has 2 aliphatic rings. The number of nitrogens with zero attached hydrogens (tertiary/aromatic N) is 5. The molecule has 9 heteroatoms. The highest BCUT2D eigenvalue weighted by molar-refractivity contribution is 5.96. The topological polar surface area (TPSA) is 88.1 Å². The first kappa shape index (κ1) is 21.8. The first-order valence-corrected chi connectivity index (χ1v) is 11.5. The fraction of sp³-hybridized carbons (Fsp3) is 0.458. The third-order valence-electron chi connectivity index (χ3n) is 5.93. The summed E-state index contributed by atoms with van der Waals surface area (Å²) in [6.45, 7) is 8.56. The van der Waals surface area contributed by atoms with Gasteiger partial charge in [-0.2, -0.15) is 10.1 Å². The van der Waals surface area contributed by atoms with E-state index >= 15 is 0 Å². The molecule has 9 nitrogen and oxygen atoms in total. The number of rotatable bonds is 8. The number of fused-ring (bicyclic) bond motifs is 1. The van der Waals surface area contributed by atoms with Gasteiger partial charge >= 0.3 is 0 Å². The summed E-state index contributed by atoms with van der Waals surface area (Å²) in [5.41, 5.74) is 2.91. The van der Waals surface area contributed by atoms with Gasteiger partial charge in [0, 0.05) is 50.4 Å². The lowest BCUT2D eigenvalue weighted by Crippen LogP contribution is -2.38. The van der Waals surface area contributed by atoms with Crippen LogP contribution in [-0.4, -0.2) is 92.1 Å². The highest BCUT2D eigenvalue weighted by Gasteiger charge is 2.15. The molecule has 33 heavy (non-hydrogen) atoms. The number of anilines is 1. The van der Waals surface area contributed by atoms with Gasteiger partial charge in [0.15, 0.2) is 0 Å². The Morgan fingerprint density at radius 2 is 1.82 bits per heavy atom. The normalized spacial score (nSPS) is 17.8. The third kappa shape index (κ3) is 5.68. The van der Waals surface area contributed by atoms with E-state index in [1.807, 2.05) is 36.5 Å². The largest absolute Gasteiger partial charge is 0.476 e. The molecule has 5 rings (SSSR count). The molecule has 2 aromatic heterocycles. The molecule has 174 valence electrons. The van der Waals surface area contributed by atoms with Gasteiger partial charge in [-0.3, -0.25) is 15.0 Å². The van der Waals surface area contributed by atoms with Crippen molar-refractivity contribution >= 4 is 22.9 Å². The first-order valence-electron chi connectivity index (χ1n) is 11.5. The van der Waals surface area contributed by atoms with Gasteiger partial charge in [0.1, 0.15) is 12.4 Å². The van der Waals surface area contributed by atoms with Gasteiger partial charge in [0.05, 0.1) is 44.2 Å². The average molecular weight is 451 g/mol. The van der Waals surface area contributed by atoms with Crippen LogP contribution in [0, 0.1) is 0 Å². The van der Waals surface area contributed by atoms with E-state index in [0.29, 0.717) is 32.2 Å². The minimum atomic E-state index is 0.535. The van der Waals surface area contributed by atoms with E-state index in [4.69, 9.17) is 19.2 Å². The van der Waals surface area contributed by atoms with Gasteiger partial charge < -0.3 is 19.1 Å². The van der Waals surface area contributed by atoms with Crippen molar-refractivity contribution in [2.45, 2.75) is 6.54 Å². The van der Waals surface area contributed by atoms with Crippen molar-refractivity contribution in [2.75, 3.05) is 70.7 Å². The van der Waals surface area contributed by atoms with Crippen LogP contribution in [0.4, 0.5) is 5.82 Å². The summed E-state index contributed by atoms with van der Waals surface area (Å²) in [5, 5.41) is 8.46. The SMILES string of the molecule is C(=NCc1cc(OCCN2CCOCC2)nc(N2CCOCC2)c1)c1[nH]nc2ccccc12. The molecule has 4 heterocycles. The van der Waals surface area contributed by atoms with Gasteiger partial charge in [0.2, 0.25) is 5.88 Å². The van der Waals surface area contributed by atoms with Crippen LogP contribution in [0.25, 0.3) is 10.9 Å². The number of aromatic amines is 1. The monoisotopic (exact) mass is 450 g/mol. The number of benzene rings is 1. The van der Waals surface area contributed by atoms with Crippen LogP contribution >= 0.6 is 0 Å². The summed E-state index contributed by atoms with van der Waals surface area (Å²) < 4.78 is 17.0. The van der Waals surface area contributed by atoms with Crippen molar-refractivity contribution in [1.82, 2.24) is 20.1 Å². The molecule has 2 saturated heterocycles. The maximum Gasteiger partial charge on any atom is 0.215 e. The second-order valence-electron chi connectivity index (χ2n) is 8.20. The van der Waals surface area contributed by atoms with Crippen molar-refractivity contribution in [2.24, 2.45) is 4.99 Å². The van der Waals surface area contributed by atoms with Crippen LogP contribution in [0.1, 0.15) is 11.3 Å². The number of aromatic nitrogens is 3. The zero-order valence-corrected chi connectivity index (χ0v) is 18.8. The first-order chi connectivity index (χ1) is 16.3. The Bertz CT molecular complexity index is 1070. The molecule has 0 spiro atoms. The molecule has 0 aliphatic carbocycles. The third-order valence-corrected chi connectivity index (χ3v) is 5.93. The number of morpholine rings is 2. The summed E-state index contributed by atoms with van der Waals surface area (Å²) in [6, 6.07) is 12.1. The van der Waals surface area contributed by atoms with Gasteiger partial charge in [-0.05, 0) is 17.7 Å². The molecule has 0 radical (unpaired) electrons. The van der Waals surface area contributed by atoms with Gasteiger partial charge in [0.25, 0.3) is 0 Å². The summed E-state index contributed by atoms with van der Waals surface area (Å²) in [5.74, 6) is 1.56. The zero-order valence-electron chi connectivity index (χ0n) is 18.8. The van der Waals surface area contributed by atoms with E-state index in [1.165, 1.54) is 0 Å². The summed E-state index contributed by atoms with van der Waals surface area (Å²) in [4.78, 5) is 14.0. The van der Waals surface area contributed by atoms with E-state index in [-0.39, 0.29) is 0 Å². The molecule has 0 amide bonds. The van der Waals surface area contributed by atoms with E-state index in [2.05, 4.69) is 31.1 Å². The molecule has 1 N–H and O–H groups in total. The number of nitrogens with one attached hydrogen (secondary N) is 1. The number of hydrogen-bond acceptors (Lipinski definition) is 8. The molecule has 2 aliphatic heterocycles. The minimum absolute atomic E-state index is 0.535. The van der Waals surface area contributed by atoms with Crippen LogP contribution in [0.15, 0.2) is 41.4 Å². The maximum atomic E-state index is 6.07. The van der Waals surface area contributed by atoms with Gasteiger partial charge in [-0.1, -0.05) is 18.2 Å². The second-order valence-corrected chi connectivity index (χ2v) is 8.20. The Balaban J connectivity index is 1.28. The average Bonchev–Trinajstić information content (AvgIpc) is 3.28. The molecule has 0 saturated carbocycles. The Morgan fingerprint density at radius 3 is 2.67 bits per heavy atom. The molecular formula is C24H30N6O3. The molecule has 3 aromatic rings. The number of hydrogen-bond donors (Lipinski definition) is 1. The van der Waals surface area contributed by atoms with Crippen LogP contribution in [-0.2, 0) is 16.0 Å². The Labute approximate surface area is 193 Å². The summed E-state index contributed by atoms with van der Waals surface area (Å²) in [6.07, 6.45) is 1.85. The number of H-pyrrole nitrogens is 1. The lowest BCUT2D eigenvalue weighted by molar-refractivity contribution is 0.0320. The Hall–Kier alpha value is -3.01.